The first-order valence-electron chi connectivity index (χ1n) is 5.51. The lowest BCUT2D eigenvalue weighted by Crippen LogP contribution is -2.18. The van der Waals surface area contributed by atoms with E-state index in [9.17, 15) is 17.6 Å². The molecule has 21 heavy (non-hydrogen) atoms. The van der Waals surface area contributed by atoms with Crippen molar-refractivity contribution in [3.05, 3.63) is 40.2 Å². The molecule has 1 aromatic heterocycles. The first-order valence-corrected chi connectivity index (χ1v) is 7.85. The number of benzene rings is 1. The number of nitrogens with zero attached hydrogens (tertiary/aromatic N) is 2. The van der Waals surface area contributed by atoms with Gasteiger partial charge in [0.05, 0.1) is 5.56 Å². The van der Waals surface area contributed by atoms with Gasteiger partial charge in [0.25, 0.3) is 5.91 Å². The number of primary sulfonamides is 1. The molecule has 7 nitrogen and oxygen atoms in total. The molecule has 112 valence electrons. The average Bonchev–Trinajstić information content (AvgIpc) is 2.69. The number of carbonyl (C=O) groups excluding carboxylic acids is 1. The number of aryl methyl sites for hydroxylation is 1. The van der Waals surface area contributed by atoms with Gasteiger partial charge < -0.3 is 5.32 Å². The monoisotopic (exact) mass is 376 g/mol. The summed E-state index contributed by atoms with van der Waals surface area (Å²) in [5, 5.41) is 11.2. The highest BCUT2D eigenvalue weighted by Gasteiger charge is 2.21. The maximum absolute atomic E-state index is 13.0. The van der Waals surface area contributed by atoms with Crippen molar-refractivity contribution < 1.29 is 17.6 Å². The van der Waals surface area contributed by atoms with Crippen molar-refractivity contribution in [1.29, 1.82) is 0 Å². The van der Waals surface area contributed by atoms with Crippen molar-refractivity contribution in [3.63, 3.8) is 0 Å². The summed E-state index contributed by atoms with van der Waals surface area (Å²) in [6, 6.07) is 3.49. The molecule has 0 aliphatic heterocycles. The van der Waals surface area contributed by atoms with Crippen LogP contribution < -0.4 is 10.5 Å². The predicted molar refractivity (Wildman–Crippen MR) is 76.6 cm³/mol. The SMILES string of the molecule is Cn1cc(S(N)(=O)=O)c(NC(=O)c2ccc(F)cc2Br)n1. The average molecular weight is 377 g/mol. The van der Waals surface area contributed by atoms with Crippen LogP contribution >= 0.6 is 15.9 Å². The first kappa shape index (κ1) is 15.6. The largest absolute Gasteiger partial charge is 0.304 e. The molecule has 0 saturated carbocycles. The van der Waals surface area contributed by atoms with Crippen molar-refractivity contribution >= 4 is 37.7 Å². The molecule has 1 aromatic carbocycles. The number of halogens is 2. The van der Waals surface area contributed by atoms with Gasteiger partial charge in [-0.15, -0.1) is 0 Å². The molecule has 0 atom stereocenters. The highest BCUT2D eigenvalue weighted by Crippen LogP contribution is 2.22. The summed E-state index contributed by atoms with van der Waals surface area (Å²) in [7, 11) is -2.54. The van der Waals surface area contributed by atoms with Gasteiger partial charge in [0.15, 0.2) is 5.82 Å². The van der Waals surface area contributed by atoms with Crippen LogP contribution in [0.3, 0.4) is 0 Å². The van der Waals surface area contributed by atoms with Crippen molar-refractivity contribution in [2.45, 2.75) is 4.90 Å². The molecule has 1 amide bonds. The van der Waals surface area contributed by atoms with E-state index in [1.807, 2.05) is 0 Å². The highest BCUT2D eigenvalue weighted by molar-refractivity contribution is 9.10. The Morgan fingerprint density at radius 3 is 2.71 bits per heavy atom. The number of hydrogen-bond acceptors (Lipinski definition) is 4. The Hall–Kier alpha value is -1.78. The maximum atomic E-state index is 13.0. The molecule has 0 aliphatic rings. The standard InChI is InChI=1S/C11H10BrFN4O3S/c1-17-5-9(21(14,19)20)10(16-17)15-11(18)7-3-2-6(13)4-8(7)12/h2-5H,1H3,(H2,14,19,20)(H,15,16,18). The summed E-state index contributed by atoms with van der Waals surface area (Å²) < 4.78 is 37.2. The van der Waals surface area contributed by atoms with Crippen LogP contribution in [0.25, 0.3) is 0 Å². The van der Waals surface area contributed by atoms with Crippen molar-refractivity contribution in [2.75, 3.05) is 5.32 Å². The number of amides is 1. The summed E-state index contributed by atoms with van der Waals surface area (Å²) in [4.78, 5) is 11.8. The van der Waals surface area contributed by atoms with Crippen LogP contribution in [0.4, 0.5) is 10.2 Å². The lowest BCUT2D eigenvalue weighted by molar-refractivity contribution is 0.102. The molecule has 3 N–H and O–H groups in total. The van der Waals surface area contributed by atoms with Gasteiger partial charge in [-0.25, -0.2) is 17.9 Å². The Bertz CT molecular complexity index is 819. The summed E-state index contributed by atoms with van der Waals surface area (Å²) in [5.41, 5.74) is 0.127. The molecule has 1 heterocycles. The van der Waals surface area contributed by atoms with Crippen LogP contribution in [-0.2, 0) is 17.1 Å². The minimum Gasteiger partial charge on any atom is -0.304 e. The quantitative estimate of drug-likeness (QED) is 0.839. The van der Waals surface area contributed by atoms with Gasteiger partial charge in [0.2, 0.25) is 10.0 Å². The second-order valence-corrected chi connectivity index (χ2v) is 6.52. The number of carbonyl (C=O) groups is 1. The molecular weight excluding hydrogens is 367 g/mol. The zero-order valence-corrected chi connectivity index (χ0v) is 13.1. The van der Waals surface area contributed by atoms with Crippen molar-refractivity contribution in [2.24, 2.45) is 12.2 Å². The molecule has 10 heteroatoms. The number of aromatic nitrogens is 2. The fourth-order valence-electron chi connectivity index (χ4n) is 1.61. The zero-order valence-electron chi connectivity index (χ0n) is 10.7. The van der Waals surface area contributed by atoms with Crippen LogP contribution in [0, 0.1) is 5.82 Å². The van der Waals surface area contributed by atoms with E-state index >= 15 is 0 Å². The third kappa shape index (κ3) is 3.46. The van der Waals surface area contributed by atoms with E-state index in [2.05, 4.69) is 26.3 Å². The molecule has 0 fully saturated rings. The molecule has 2 rings (SSSR count). The van der Waals surface area contributed by atoms with Crippen LogP contribution in [0.2, 0.25) is 0 Å². The molecule has 0 unspecified atom stereocenters. The summed E-state index contributed by atoms with van der Waals surface area (Å²) in [5.74, 6) is -1.35. The minimum absolute atomic E-state index is 0.127. The van der Waals surface area contributed by atoms with E-state index < -0.39 is 21.7 Å². The van der Waals surface area contributed by atoms with Gasteiger partial charge in [0.1, 0.15) is 10.7 Å². The van der Waals surface area contributed by atoms with E-state index in [4.69, 9.17) is 5.14 Å². The summed E-state index contributed by atoms with van der Waals surface area (Å²) >= 11 is 3.05. The summed E-state index contributed by atoms with van der Waals surface area (Å²) in [6.07, 6.45) is 1.17. The Balaban J connectivity index is 2.36. The van der Waals surface area contributed by atoms with E-state index in [-0.39, 0.29) is 20.7 Å². The number of nitrogens with one attached hydrogen (secondary N) is 1. The van der Waals surface area contributed by atoms with E-state index in [1.54, 1.807) is 0 Å². The maximum Gasteiger partial charge on any atom is 0.258 e. The fourth-order valence-corrected chi connectivity index (χ4v) is 2.80. The molecule has 0 aliphatic carbocycles. The van der Waals surface area contributed by atoms with E-state index in [1.165, 1.54) is 24.0 Å². The van der Waals surface area contributed by atoms with E-state index in [0.29, 0.717) is 0 Å². The van der Waals surface area contributed by atoms with E-state index in [0.717, 1.165) is 12.1 Å². The second kappa shape index (κ2) is 5.54. The number of rotatable bonds is 3. The van der Waals surface area contributed by atoms with Crippen LogP contribution in [0.1, 0.15) is 10.4 Å². The normalized spacial score (nSPS) is 11.4. The number of sulfonamides is 1. The Labute approximate surface area is 128 Å². The number of nitrogens with two attached hydrogens (primary N) is 1. The minimum atomic E-state index is -4.03. The molecular formula is C11H10BrFN4O3S. The van der Waals surface area contributed by atoms with Gasteiger partial charge in [0, 0.05) is 17.7 Å². The molecule has 0 saturated heterocycles. The zero-order chi connectivity index (χ0) is 15.8. The third-order valence-corrected chi connectivity index (χ3v) is 4.08. The van der Waals surface area contributed by atoms with Gasteiger partial charge in [-0.3, -0.25) is 9.48 Å². The van der Waals surface area contributed by atoms with Gasteiger partial charge in [-0.2, -0.15) is 5.10 Å². The fraction of sp³-hybridized carbons (Fsp3) is 0.0909. The molecule has 0 spiro atoms. The van der Waals surface area contributed by atoms with Gasteiger partial charge in [-0.05, 0) is 34.1 Å². The van der Waals surface area contributed by atoms with Crippen LogP contribution in [0.5, 0.6) is 0 Å². The first-order chi connectivity index (χ1) is 9.68. The smallest absolute Gasteiger partial charge is 0.258 e. The topological polar surface area (TPSA) is 107 Å². The Morgan fingerprint density at radius 2 is 2.14 bits per heavy atom. The molecule has 0 bridgehead atoms. The number of anilines is 1. The molecule has 2 aromatic rings. The Morgan fingerprint density at radius 1 is 1.48 bits per heavy atom. The van der Waals surface area contributed by atoms with Gasteiger partial charge in [-0.1, -0.05) is 0 Å². The lowest BCUT2D eigenvalue weighted by atomic mass is 10.2. The van der Waals surface area contributed by atoms with Crippen LogP contribution in [0.15, 0.2) is 33.8 Å². The lowest BCUT2D eigenvalue weighted by Gasteiger charge is -2.06. The highest BCUT2D eigenvalue weighted by atomic mass is 79.9. The summed E-state index contributed by atoms with van der Waals surface area (Å²) in [6.45, 7) is 0. The van der Waals surface area contributed by atoms with Gasteiger partial charge >= 0.3 is 0 Å². The molecule has 0 radical (unpaired) electrons. The van der Waals surface area contributed by atoms with Crippen molar-refractivity contribution in [1.82, 2.24) is 9.78 Å². The Kier molecular flexibility index (Phi) is 4.12. The van der Waals surface area contributed by atoms with Crippen molar-refractivity contribution in [3.8, 4) is 0 Å². The third-order valence-electron chi connectivity index (χ3n) is 2.51. The number of hydrogen-bond donors (Lipinski definition) is 2. The van der Waals surface area contributed by atoms with Crippen LogP contribution in [-0.4, -0.2) is 24.1 Å². The second-order valence-electron chi connectivity index (χ2n) is 4.14. The predicted octanol–water partition coefficient (Wildman–Crippen LogP) is 1.22.